The summed E-state index contributed by atoms with van der Waals surface area (Å²) in [7, 11) is 6.34. The van der Waals surface area contributed by atoms with E-state index in [0.29, 0.717) is 51.8 Å². The lowest BCUT2D eigenvalue weighted by Gasteiger charge is -2.21. The first-order valence-electron chi connectivity index (χ1n) is 9.82. The molecule has 3 rings (SSSR count). The van der Waals surface area contributed by atoms with Crippen molar-refractivity contribution in [1.29, 1.82) is 10.5 Å². The van der Waals surface area contributed by atoms with Crippen molar-refractivity contribution in [2.75, 3.05) is 39.1 Å². The normalized spacial score (nSPS) is 12.8. The summed E-state index contributed by atoms with van der Waals surface area (Å²) in [4.78, 5) is 0. The maximum Gasteiger partial charge on any atom is 0.142 e. The maximum absolute atomic E-state index is 9.77. The Kier molecular flexibility index (Phi) is 7.09. The summed E-state index contributed by atoms with van der Waals surface area (Å²) in [5, 5.41) is 26.0. The van der Waals surface area contributed by atoms with Crippen molar-refractivity contribution in [3.8, 4) is 23.6 Å². The first-order chi connectivity index (χ1) is 15.6. The number of nitrogens with one attached hydrogen (secondary N) is 2. The number of nitriles is 2. The molecule has 0 bridgehead atoms. The number of rotatable bonds is 8. The molecule has 0 atom stereocenters. The molecule has 0 aromatic heterocycles. The van der Waals surface area contributed by atoms with E-state index in [2.05, 4.69) is 22.8 Å². The molecule has 0 aliphatic heterocycles. The Hall–Kier alpha value is -4.30. The number of ether oxygens (including phenoxy) is 4. The van der Waals surface area contributed by atoms with Gasteiger partial charge in [-0.25, -0.2) is 0 Å². The summed E-state index contributed by atoms with van der Waals surface area (Å²) in [6, 6.07) is 12.9. The molecule has 2 N–H and O–H groups in total. The minimum Gasteiger partial charge on any atom is -0.501 e. The molecular weight excluding hydrogens is 408 g/mol. The minimum atomic E-state index is 0.350. The molecule has 0 unspecified atom stereocenters. The lowest BCUT2D eigenvalue weighted by molar-refractivity contribution is 0.241. The van der Waals surface area contributed by atoms with Crippen molar-refractivity contribution >= 4 is 17.1 Å². The average Bonchev–Trinajstić information content (AvgIpc) is 2.84. The highest BCUT2D eigenvalue weighted by molar-refractivity contribution is 5.78. The summed E-state index contributed by atoms with van der Waals surface area (Å²) in [5.41, 5.74) is 2.96. The summed E-state index contributed by atoms with van der Waals surface area (Å²) in [5.74, 6) is 2.75. The first kappa shape index (κ1) is 22.4. The van der Waals surface area contributed by atoms with Crippen LogP contribution in [0.1, 0.15) is 24.0 Å². The summed E-state index contributed by atoms with van der Waals surface area (Å²) in [6.45, 7) is 0. The van der Waals surface area contributed by atoms with Gasteiger partial charge in [-0.15, -0.1) is 0 Å². The minimum absolute atomic E-state index is 0.350. The molecule has 8 heteroatoms. The van der Waals surface area contributed by atoms with Crippen LogP contribution in [-0.2, 0) is 9.47 Å². The number of allylic oxidation sites excluding steroid dienone is 3. The zero-order valence-electron chi connectivity index (χ0n) is 18.4. The number of hydrogen-bond donors (Lipinski definition) is 2. The summed E-state index contributed by atoms with van der Waals surface area (Å²) < 4.78 is 21.5. The second-order valence-electron chi connectivity index (χ2n) is 6.84. The molecular formula is C24H24N4O4. The third-order valence-corrected chi connectivity index (χ3v) is 5.06. The quantitative estimate of drug-likeness (QED) is 0.613. The number of nitrogens with zero attached hydrogens (tertiary/aromatic N) is 2. The van der Waals surface area contributed by atoms with Gasteiger partial charge >= 0.3 is 0 Å². The molecule has 164 valence electrons. The molecule has 0 heterocycles. The van der Waals surface area contributed by atoms with E-state index in [1.54, 1.807) is 58.8 Å². The van der Waals surface area contributed by atoms with Crippen molar-refractivity contribution < 1.29 is 18.9 Å². The van der Waals surface area contributed by atoms with Gasteiger partial charge in [0.15, 0.2) is 0 Å². The lowest BCUT2D eigenvalue weighted by Crippen LogP contribution is -2.10. The van der Waals surface area contributed by atoms with Gasteiger partial charge in [0.1, 0.15) is 29.4 Å². The summed E-state index contributed by atoms with van der Waals surface area (Å²) >= 11 is 0. The maximum atomic E-state index is 9.77. The molecule has 32 heavy (non-hydrogen) atoms. The number of anilines is 3. The smallest absolute Gasteiger partial charge is 0.142 e. The predicted molar refractivity (Wildman–Crippen MR) is 121 cm³/mol. The summed E-state index contributed by atoms with van der Waals surface area (Å²) in [6.07, 6.45) is 3.23. The van der Waals surface area contributed by atoms with E-state index in [1.807, 2.05) is 6.08 Å². The highest BCUT2D eigenvalue weighted by Crippen LogP contribution is 2.35. The molecule has 2 aromatic carbocycles. The molecule has 0 fully saturated rings. The van der Waals surface area contributed by atoms with Gasteiger partial charge in [0.05, 0.1) is 68.1 Å². The monoisotopic (exact) mass is 432 g/mol. The van der Waals surface area contributed by atoms with Crippen LogP contribution in [0.15, 0.2) is 53.6 Å². The Morgan fingerprint density at radius 2 is 1.44 bits per heavy atom. The molecule has 0 spiro atoms. The fourth-order valence-electron chi connectivity index (χ4n) is 3.36. The second kappa shape index (κ2) is 10.1. The van der Waals surface area contributed by atoms with Crippen molar-refractivity contribution in [2.24, 2.45) is 0 Å². The van der Waals surface area contributed by atoms with Gasteiger partial charge in [0, 0.05) is 25.0 Å². The largest absolute Gasteiger partial charge is 0.501 e. The Bertz CT molecular complexity index is 1160. The lowest BCUT2D eigenvalue weighted by atomic mass is 10.0. The molecule has 0 radical (unpaired) electrons. The van der Waals surface area contributed by atoms with E-state index in [-0.39, 0.29) is 0 Å². The van der Waals surface area contributed by atoms with E-state index in [0.717, 1.165) is 17.9 Å². The Balaban J connectivity index is 2.02. The van der Waals surface area contributed by atoms with Gasteiger partial charge in [0.2, 0.25) is 0 Å². The van der Waals surface area contributed by atoms with Gasteiger partial charge in [-0.2, -0.15) is 10.5 Å². The average molecular weight is 432 g/mol. The second-order valence-corrected chi connectivity index (χ2v) is 6.84. The fraction of sp³-hybridized carbons (Fsp3) is 0.250. The standard InChI is InChI=1S/C24H24N4O4/c1-29-17-5-7-23(31-3)21(11-17)27-19-9-16(14-26)20(10-15(19)13-25)28-22-12-18(30-2)6-8-24(22)32-4/h5,7,9-12,27-28H,6,8H2,1-4H3. The van der Waals surface area contributed by atoms with E-state index in [1.165, 1.54) is 0 Å². The molecule has 8 nitrogen and oxygen atoms in total. The van der Waals surface area contributed by atoms with E-state index in [4.69, 9.17) is 18.9 Å². The van der Waals surface area contributed by atoms with E-state index >= 15 is 0 Å². The van der Waals surface area contributed by atoms with Crippen LogP contribution in [-0.4, -0.2) is 28.4 Å². The van der Waals surface area contributed by atoms with Crippen LogP contribution in [0.5, 0.6) is 11.5 Å². The van der Waals surface area contributed by atoms with Crippen molar-refractivity contribution in [1.82, 2.24) is 0 Å². The number of hydrogen-bond acceptors (Lipinski definition) is 8. The van der Waals surface area contributed by atoms with Crippen molar-refractivity contribution in [3.05, 3.63) is 64.8 Å². The zero-order valence-corrected chi connectivity index (χ0v) is 18.4. The van der Waals surface area contributed by atoms with Crippen LogP contribution in [0.25, 0.3) is 0 Å². The highest BCUT2D eigenvalue weighted by atomic mass is 16.5. The topological polar surface area (TPSA) is 109 Å². The number of benzene rings is 2. The van der Waals surface area contributed by atoms with Crippen LogP contribution >= 0.6 is 0 Å². The predicted octanol–water partition coefficient (Wildman–Crippen LogP) is 4.78. The molecule has 0 amide bonds. The third-order valence-electron chi connectivity index (χ3n) is 5.06. The zero-order chi connectivity index (χ0) is 23.1. The van der Waals surface area contributed by atoms with Gasteiger partial charge in [-0.3, -0.25) is 0 Å². The van der Waals surface area contributed by atoms with Crippen molar-refractivity contribution in [2.45, 2.75) is 12.8 Å². The first-order valence-corrected chi connectivity index (χ1v) is 9.82. The third kappa shape index (κ3) is 4.71. The fourth-order valence-corrected chi connectivity index (χ4v) is 3.36. The van der Waals surface area contributed by atoms with Crippen molar-refractivity contribution in [3.63, 3.8) is 0 Å². The molecule has 0 saturated carbocycles. The number of methoxy groups -OCH3 is 4. The molecule has 1 aliphatic carbocycles. The van der Waals surface area contributed by atoms with Gasteiger partial charge in [-0.05, 0) is 24.3 Å². The van der Waals surface area contributed by atoms with Gasteiger partial charge in [-0.1, -0.05) is 0 Å². The molecule has 0 saturated heterocycles. The van der Waals surface area contributed by atoms with Crippen LogP contribution < -0.4 is 20.1 Å². The van der Waals surface area contributed by atoms with Crippen LogP contribution in [0.2, 0.25) is 0 Å². The Labute approximate surface area is 187 Å². The van der Waals surface area contributed by atoms with E-state index in [9.17, 15) is 10.5 Å². The van der Waals surface area contributed by atoms with Gasteiger partial charge < -0.3 is 29.6 Å². The van der Waals surface area contributed by atoms with Crippen LogP contribution in [0.4, 0.5) is 17.1 Å². The highest BCUT2D eigenvalue weighted by Gasteiger charge is 2.18. The molecule has 1 aliphatic rings. The SMILES string of the molecule is COC1=CC(Nc2cc(C#N)c(Nc3cc(OC)ccc3OC)cc2C#N)=C(OC)CC1. The Morgan fingerprint density at radius 1 is 0.750 bits per heavy atom. The Morgan fingerprint density at radius 3 is 2.00 bits per heavy atom. The van der Waals surface area contributed by atoms with Crippen LogP contribution in [0.3, 0.4) is 0 Å². The van der Waals surface area contributed by atoms with Gasteiger partial charge in [0.25, 0.3) is 0 Å². The van der Waals surface area contributed by atoms with E-state index < -0.39 is 0 Å². The molecule has 2 aromatic rings. The van der Waals surface area contributed by atoms with Crippen LogP contribution in [0, 0.1) is 22.7 Å².